The van der Waals surface area contributed by atoms with Crippen LogP contribution in [0.5, 0.6) is 0 Å². The van der Waals surface area contributed by atoms with E-state index >= 15 is 0 Å². The monoisotopic (exact) mass is 376 g/mol. The lowest BCUT2D eigenvalue weighted by Gasteiger charge is -2.26. The fourth-order valence-electron chi connectivity index (χ4n) is 4.62. The zero-order valence-corrected chi connectivity index (χ0v) is 16.8. The average molecular weight is 377 g/mol. The number of nitrogens with one attached hydrogen (secondary N) is 1. The Morgan fingerprint density at radius 1 is 0.821 bits per heavy atom. The van der Waals surface area contributed by atoms with Crippen LogP contribution in [0.3, 0.4) is 0 Å². The molecule has 0 atom stereocenters. The summed E-state index contributed by atoms with van der Waals surface area (Å²) < 4.78 is 0. The summed E-state index contributed by atoms with van der Waals surface area (Å²) in [7, 11) is 0. The van der Waals surface area contributed by atoms with Gasteiger partial charge in [-0.1, -0.05) is 49.9 Å². The van der Waals surface area contributed by atoms with Gasteiger partial charge in [-0.25, -0.2) is 0 Å². The fraction of sp³-hybridized carbons (Fsp3) is 0.480. The van der Waals surface area contributed by atoms with E-state index in [0.29, 0.717) is 5.92 Å². The van der Waals surface area contributed by atoms with E-state index in [2.05, 4.69) is 34.5 Å². The number of hydrogen-bond acceptors (Lipinski definition) is 2. The third kappa shape index (κ3) is 5.02. The molecule has 1 aliphatic heterocycles. The molecule has 1 saturated heterocycles. The van der Waals surface area contributed by atoms with Crippen LogP contribution >= 0.6 is 0 Å². The largest absolute Gasteiger partial charge is 0.322 e. The summed E-state index contributed by atoms with van der Waals surface area (Å²) in [6.45, 7) is 3.38. The molecule has 2 aromatic carbocycles. The summed E-state index contributed by atoms with van der Waals surface area (Å²) in [5.74, 6) is 0.667. The zero-order valence-electron chi connectivity index (χ0n) is 16.8. The number of nitrogens with zero attached hydrogens (tertiary/aromatic N) is 1. The summed E-state index contributed by atoms with van der Waals surface area (Å²) in [5.41, 5.74) is 4.30. The molecule has 2 aliphatic rings. The van der Waals surface area contributed by atoms with Crippen LogP contribution in [0.1, 0.15) is 78.8 Å². The molecule has 0 spiro atoms. The Bertz CT molecular complexity index is 754. The highest BCUT2D eigenvalue weighted by Crippen LogP contribution is 2.33. The van der Waals surface area contributed by atoms with E-state index < -0.39 is 0 Å². The first-order chi connectivity index (χ1) is 13.8. The van der Waals surface area contributed by atoms with Gasteiger partial charge in [0.1, 0.15) is 0 Å². The fourth-order valence-corrected chi connectivity index (χ4v) is 4.62. The Balaban J connectivity index is 1.32. The smallest absolute Gasteiger partial charge is 0.255 e. The van der Waals surface area contributed by atoms with Crippen molar-refractivity contribution in [3.8, 4) is 0 Å². The van der Waals surface area contributed by atoms with Crippen LogP contribution in [-0.4, -0.2) is 23.9 Å². The molecule has 3 nitrogen and oxygen atoms in total. The molecular weight excluding hydrogens is 344 g/mol. The highest BCUT2D eigenvalue weighted by Gasteiger charge is 2.15. The molecule has 3 heteroatoms. The van der Waals surface area contributed by atoms with Gasteiger partial charge in [0.25, 0.3) is 5.91 Å². The van der Waals surface area contributed by atoms with Crippen molar-refractivity contribution >= 4 is 11.6 Å². The quantitative estimate of drug-likeness (QED) is 0.697. The van der Waals surface area contributed by atoms with Gasteiger partial charge in [-0.3, -0.25) is 9.69 Å². The van der Waals surface area contributed by atoms with Crippen molar-refractivity contribution in [2.75, 3.05) is 18.4 Å². The molecule has 1 saturated carbocycles. The second-order valence-electron chi connectivity index (χ2n) is 8.44. The summed E-state index contributed by atoms with van der Waals surface area (Å²) in [6, 6.07) is 16.6. The van der Waals surface area contributed by atoms with Gasteiger partial charge in [0.05, 0.1) is 0 Å². The number of benzene rings is 2. The van der Waals surface area contributed by atoms with Crippen molar-refractivity contribution < 1.29 is 4.79 Å². The number of anilines is 1. The van der Waals surface area contributed by atoms with Crippen molar-refractivity contribution in [2.24, 2.45) is 0 Å². The van der Waals surface area contributed by atoms with E-state index in [4.69, 9.17) is 0 Å². The zero-order chi connectivity index (χ0) is 19.2. The minimum absolute atomic E-state index is 0.0325. The molecule has 2 aromatic rings. The van der Waals surface area contributed by atoms with Gasteiger partial charge in [-0.2, -0.15) is 0 Å². The van der Waals surface area contributed by atoms with Gasteiger partial charge in [0.2, 0.25) is 0 Å². The van der Waals surface area contributed by atoms with Crippen molar-refractivity contribution in [1.29, 1.82) is 0 Å². The van der Waals surface area contributed by atoms with Crippen molar-refractivity contribution in [2.45, 2.75) is 63.8 Å². The lowest BCUT2D eigenvalue weighted by molar-refractivity contribution is 0.102. The standard InChI is InChI=1S/C25H32N2O/c28-25(23-11-9-20(10-12-23)19-27-17-5-2-6-18-27)26-24-15-13-22(14-16-24)21-7-3-1-4-8-21/h9-16,21H,1-8,17-19H2,(H,26,28). The highest BCUT2D eigenvalue weighted by atomic mass is 16.1. The van der Waals surface area contributed by atoms with Crippen LogP contribution in [0.2, 0.25) is 0 Å². The maximum absolute atomic E-state index is 12.6. The minimum atomic E-state index is -0.0325. The van der Waals surface area contributed by atoms with Gasteiger partial charge >= 0.3 is 0 Å². The second kappa shape index (κ2) is 9.38. The number of carbonyl (C=O) groups excluding carboxylic acids is 1. The lowest BCUT2D eigenvalue weighted by Crippen LogP contribution is -2.29. The molecule has 1 amide bonds. The molecule has 148 valence electrons. The van der Waals surface area contributed by atoms with E-state index in [1.807, 2.05) is 24.3 Å². The van der Waals surface area contributed by atoms with E-state index in [0.717, 1.165) is 17.8 Å². The number of carbonyl (C=O) groups is 1. The first-order valence-electron chi connectivity index (χ1n) is 11.0. The number of rotatable bonds is 5. The van der Waals surface area contributed by atoms with Crippen molar-refractivity contribution in [1.82, 2.24) is 4.90 Å². The molecule has 1 N–H and O–H groups in total. The van der Waals surface area contributed by atoms with Gasteiger partial charge in [0, 0.05) is 17.8 Å². The Morgan fingerprint density at radius 3 is 2.14 bits per heavy atom. The maximum atomic E-state index is 12.6. The number of likely N-dealkylation sites (tertiary alicyclic amines) is 1. The van der Waals surface area contributed by atoms with Crippen molar-refractivity contribution in [3.63, 3.8) is 0 Å². The van der Waals surface area contributed by atoms with Gasteiger partial charge in [-0.05, 0) is 80.1 Å². The molecule has 28 heavy (non-hydrogen) atoms. The van der Waals surface area contributed by atoms with Crippen LogP contribution in [0.25, 0.3) is 0 Å². The molecule has 0 aromatic heterocycles. The average Bonchev–Trinajstić information content (AvgIpc) is 2.76. The summed E-state index contributed by atoms with van der Waals surface area (Å²) in [4.78, 5) is 15.1. The normalized spacial score (nSPS) is 18.7. The second-order valence-corrected chi connectivity index (χ2v) is 8.44. The van der Waals surface area contributed by atoms with Crippen LogP contribution in [0.4, 0.5) is 5.69 Å². The van der Waals surface area contributed by atoms with Crippen LogP contribution in [0.15, 0.2) is 48.5 Å². The molecule has 0 bridgehead atoms. The van der Waals surface area contributed by atoms with Crippen molar-refractivity contribution in [3.05, 3.63) is 65.2 Å². The van der Waals surface area contributed by atoms with E-state index in [9.17, 15) is 4.79 Å². The number of amides is 1. The predicted octanol–water partition coefficient (Wildman–Crippen LogP) is 5.97. The molecule has 0 unspecified atom stereocenters. The minimum Gasteiger partial charge on any atom is -0.322 e. The molecule has 1 aliphatic carbocycles. The predicted molar refractivity (Wildman–Crippen MR) is 116 cm³/mol. The lowest BCUT2D eigenvalue weighted by atomic mass is 9.84. The highest BCUT2D eigenvalue weighted by molar-refractivity contribution is 6.04. The van der Waals surface area contributed by atoms with Gasteiger partial charge in [0.15, 0.2) is 0 Å². The Labute approximate surface area is 169 Å². The summed E-state index contributed by atoms with van der Waals surface area (Å²) >= 11 is 0. The molecular formula is C25H32N2O. The van der Waals surface area contributed by atoms with E-state index in [1.165, 1.54) is 75.6 Å². The third-order valence-corrected chi connectivity index (χ3v) is 6.32. The van der Waals surface area contributed by atoms with Crippen LogP contribution < -0.4 is 5.32 Å². The van der Waals surface area contributed by atoms with Gasteiger partial charge < -0.3 is 5.32 Å². The SMILES string of the molecule is O=C(Nc1ccc(C2CCCCC2)cc1)c1ccc(CN2CCCCC2)cc1. The molecule has 4 rings (SSSR count). The molecule has 1 heterocycles. The summed E-state index contributed by atoms with van der Waals surface area (Å²) in [6.07, 6.45) is 10.6. The Kier molecular flexibility index (Phi) is 6.43. The third-order valence-electron chi connectivity index (χ3n) is 6.32. The summed E-state index contributed by atoms with van der Waals surface area (Å²) in [5, 5.41) is 3.04. The maximum Gasteiger partial charge on any atom is 0.255 e. The molecule has 2 fully saturated rings. The number of hydrogen-bond donors (Lipinski definition) is 1. The number of piperidine rings is 1. The first kappa shape index (κ1) is 19.2. The Morgan fingerprint density at radius 2 is 1.46 bits per heavy atom. The van der Waals surface area contributed by atoms with E-state index in [-0.39, 0.29) is 5.91 Å². The van der Waals surface area contributed by atoms with E-state index in [1.54, 1.807) is 0 Å². The topological polar surface area (TPSA) is 32.3 Å². The van der Waals surface area contributed by atoms with Gasteiger partial charge in [-0.15, -0.1) is 0 Å². The van der Waals surface area contributed by atoms with Crippen LogP contribution in [0, 0.1) is 0 Å². The molecule has 0 radical (unpaired) electrons. The Hall–Kier alpha value is -2.13. The first-order valence-corrected chi connectivity index (χ1v) is 11.0. The van der Waals surface area contributed by atoms with Crippen LogP contribution in [-0.2, 0) is 6.54 Å².